The van der Waals surface area contributed by atoms with Crippen LogP contribution in [0, 0.1) is 13.8 Å². The van der Waals surface area contributed by atoms with Crippen LogP contribution in [0.15, 0.2) is 47.0 Å². The number of aromatic nitrogens is 1. The Balaban J connectivity index is 1.63. The molecule has 0 N–H and O–H groups in total. The van der Waals surface area contributed by atoms with Crippen LogP contribution in [0.2, 0.25) is 10.0 Å². The van der Waals surface area contributed by atoms with E-state index in [1.165, 1.54) is 0 Å². The fraction of sp³-hybridized carbons (Fsp3) is 0.238. The maximum atomic E-state index is 12.7. The van der Waals surface area contributed by atoms with Crippen LogP contribution in [0.3, 0.4) is 0 Å². The summed E-state index contributed by atoms with van der Waals surface area (Å²) in [7, 11) is 1.72. The molecule has 2 aromatic carbocycles. The van der Waals surface area contributed by atoms with Gasteiger partial charge in [0, 0.05) is 19.2 Å². The Labute approximate surface area is 173 Å². The maximum absolute atomic E-state index is 12.7. The molecule has 0 aliphatic rings. The van der Waals surface area contributed by atoms with E-state index in [4.69, 9.17) is 32.5 Å². The largest absolute Gasteiger partial charge is 0.489 e. The predicted molar refractivity (Wildman–Crippen MR) is 109 cm³/mol. The van der Waals surface area contributed by atoms with Gasteiger partial charge in [0.2, 0.25) is 0 Å². The molecular weight excluding hydrogens is 399 g/mol. The summed E-state index contributed by atoms with van der Waals surface area (Å²) in [5.41, 5.74) is 3.10. The van der Waals surface area contributed by atoms with Crippen molar-refractivity contribution in [1.29, 1.82) is 0 Å². The number of carbonyl (C=O) groups excluding carboxylic acids is 1. The van der Waals surface area contributed by atoms with Crippen molar-refractivity contribution in [2.24, 2.45) is 0 Å². The molecule has 146 valence electrons. The standard InChI is InChI=1S/C21H20Cl2N2O3/c1-13-18(14(2)28-24-13)12-27-17-9-7-15(8-10-17)21(26)25(3)11-16-5-4-6-19(22)20(16)23/h4-10H,11-12H2,1-3H3. The lowest BCUT2D eigenvalue weighted by Crippen LogP contribution is -2.26. The smallest absolute Gasteiger partial charge is 0.253 e. The number of amides is 1. The van der Waals surface area contributed by atoms with E-state index in [0.29, 0.717) is 34.5 Å². The number of benzene rings is 2. The van der Waals surface area contributed by atoms with Gasteiger partial charge in [0.1, 0.15) is 18.1 Å². The van der Waals surface area contributed by atoms with E-state index in [9.17, 15) is 4.79 Å². The van der Waals surface area contributed by atoms with Crippen molar-refractivity contribution >= 4 is 29.1 Å². The second kappa shape index (κ2) is 8.67. The minimum atomic E-state index is -0.117. The van der Waals surface area contributed by atoms with E-state index < -0.39 is 0 Å². The zero-order valence-electron chi connectivity index (χ0n) is 15.8. The summed E-state index contributed by atoms with van der Waals surface area (Å²) in [6.45, 7) is 4.45. The van der Waals surface area contributed by atoms with Crippen LogP contribution in [0.4, 0.5) is 0 Å². The van der Waals surface area contributed by atoms with E-state index in [1.807, 2.05) is 26.0 Å². The summed E-state index contributed by atoms with van der Waals surface area (Å²) < 4.78 is 10.9. The minimum Gasteiger partial charge on any atom is -0.489 e. The van der Waals surface area contributed by atoms with E-state index in [2.05, 4.69) is 5.16 Å². The Morgan fingerprint density at radius 3 is 2.50 bits per heavy atom. The highest BCUT2D eigenvalue weighted by Gasteiger charge is 2.15. The first kappa shape index (κ1) is 20.2. The zero-order valence-corrected chi connectivity index (χ0v) is 17.3. The van der Waals surface area contributed by atoms with Gasteiger partial charge < -0.3 is 14.2 Å². The fourth-order valence-corrected chi connectivity index (χ4v) is 3.16. The predicted octanol–water partition coefficient (Wildman–Crippen LogP) is 5.45. The molecule has 0 atom stereocenters. The van der Waals surface area contributed by atoms with Crippen molar-refractivity contribution in [1.82, 2.24) is 10.1 Å². The number of aryl methyl sites for hydroxylation is 2. The summed E-state index contributed by atoms with van der Waals surface area (Å²) in [6, 6.07) is 12.4. The lowest BCUT2D eigenvalue weighted by atomic mass is 10.1. The van der Waals surface area contributed by atoms with Crippen LogP contribution in [-0.4, -0.2) is 23.0 Å². The first-order valence-corrected chi connectivity index (χ1v) is 9.45. The highest BCUT2D eigenvalue weighted by Crippen LogP contribution is 2.26. The molecule has 0 aliphatic heterocycles. The molecule has 1 heterocycles. The molecule has 0 saturated heterocycles. The SMILES string of the molecule is Cc1noc(C)c1COc1ccc(C(=O)N(C)Cc2cccc(Cl)c2Cl)cc1. The van der Waals surface area contributed by atoms with Gasteiger partial charge in [-0.05, 0) is 49.7 Å². The lowest BCUT2D eigenvalue weighted by molar-refractivity contribution is 0.0785. The van der Waals surface area contributed by atoms with Gasteiger partial charge in [0.25, 0.3) is 5.91 Å². The third kappa shape index (κ3) is 4.49. The fourth-order valence-electron chi connectivity index (χ4n) is 2.78. The third-order valence-electron chi connectivity index (χ3n) is 4.45. The Hall–Kier alpha value is -2.50. The van der Waals surface area contributed by atoms with Gasteiger partial charge in [-0.15, -0.1) is 0 Å². The number of ether oxygens (including phenoxy) is 1. The highest BCUT2D eigenvalue weighted by molar-refractivity contribution is 6.42. The maximum Gasteiger partial charge on any atom is 0.253 e. The molecule has 0 spiro atoms. The molecule has 0 unspecified atom stereocenters. The average molecular weight is 419 g/mol. The van der Waals surface area contributed by atoms with Gasteiger partial charge in [0.05, 0.1) is 21.3 Å². The Kier molecular flexibility index (Phi) is 6.27. The van der Waals surface area contributed by atoms with Crippen LogP contribution in [0.5, 0.6) is 5.75 Å². The van der Waals surface area contributed by atoms with Gasteiger partial charge in [-0.3, -0.25) is 4.79 Å². The molecule has 1 amide bonds. The number of hydrogen-bond donors (Lipinski definition) is 0. The minimum absolute atomic E-state index is 0.117. The summed E-state index contributed by atoms with van der Waals surface area (Å²) in [5.74, 6) is 1.29. The van der Waals surface area contributed by atoms with E-state index in [0.717, 1.165) is 22.6 Å². The Bertz CT molecular complexity index is 964. The van der Waals surface area contributed by atoms with Crippen LogP contribution in [-0.2, 0) is 13.2 Å². The molecule has 7 heteroatoms. The van der Waals surface area contributed by atoms with E-state index in [-0.39, 0.29) is 5.91 Å². The number of nitrogens with zero attached hydrogens (tertiary/aromatic N) is 2. The van der Waals surface area contributed by atoms with Crippen molar-refractivity contribution in [2.75, 3.05) is 7.05 Å². The quantitative estimate of drug-likeness (QED) is 0.533. The first-order valence-electron chi connectivity index (χ1n) is 8.69. The molecule has 28 heavy (non-hydrogen) atoms. The molecule has 0 radical (unpaired) electrons. The summed E-state index contributed by atoms with van der Waals surface area (Å²) >= 11 is 12.2. The monoisotopic (exact) mass is 418 g/mol. The van der Waals surface area contributed by atoms with Gasteiger partial charge >= 0.3 is 0 Å². The second-order valence-corrected chi connectivity index (χ2v) is 7.28. The lowest BCUT2D eigenvalue weighted by Gasteiger charge is -2.18. The molecule has 0 bridgehead atoms. The van der Waals surface area contributed by atoms with Crippen molar-refractivity contribution in [2.45, 2.75) is 27.0 Å². The average Bonchev–Trinajstić information content (AvgIpc) is 3.01. The van der Waals surface area contributed by atoms with Gasteiger partial charge in [-0.25, -0.2) is 0 Å². The summed E-state index contributed by atoms with van der Waals surface area (Å²) in [5, 5.41) is 4.85. The van der Waals surface area contributed by atoms with Crippen LogP contribution >= 0.6 is 23.2 Å². The van der Waals surface area contributed by atoms with Crippen LogP contribution < -0.4 is 4.74 Å². The molecular formula is C21H20Cl2N2O3. The molecule has 3 rings (SSSR count). The second-order valence-electron chi connectivity index (χ2n) is 6.49. The third-order valence-corrected chi connectivity index (χ3v) is 5.31. The van der Waals surface area contributed by atoms with Gasteiger partial charge in [0.15, 0.2) is 0 Å². The topological polar surface area (TPSA) is 55.6 Å². The molecule has 0 fully saturated rings. The molecule has 0 saturated carbocycles. The number of halogens is 2. The number of hydrogen-bond acceptors (Lipinski definition) is 4. The van der Waals surface area contributed by atoms with E-state index in [1.54, 1.807) is 42.3 Å². The van der Waals surface area contributed by atoms with Crippen molar-refractivity contribution < 1.29 is 14.1 Å². The number of carbonyl (C=O) groups is 1. The zero-order chi connectivity index (χ0) is 20.3. The van der Waals surface area contributed by atoms with E-state index >= 15 is 0 Å². The molecule has 5 nitrogen and oxygen atoms in total. The normalized spacial score (nSPS) is 10.8. The number of rotatable bonds is 6. The summed E-state index contributed by atoms with van der Waals surface area (Å²) in [6.07, 6.45) is 0. The van der Waals surface area contributed by atoms with Crippen LogP contribution in [0.1, 0.15) is 32.9 Å². The van der Waals surface area contributed by atoms with Crippen molar-refractivity contribution in [3.05, 3.63) is 80.7 Å². The van der Waals surface area contributed by atoms with Gasteiger partial charge in [-0.1, -0.05) is 40.5 Å². The molecule has 0 aliphatic carbocycles. The highest BCUT2D eigenvalue weighted by atomic mass is 35.5. The molecule has 3 aromatic rings. The molecule has 1 aromatic heterocycles. The first-order chi connectivity index (χ1) is 13.4. The summed E-state index contributed by atoms with van der Waals surface area (Å²) in [4.78, 5) is 14.3. The van der Waals surface area contributed by atoms with Crippen molar-refractivity contribution in [3.63, 3.8) is 0 Å². The Morgan fingerprint density at radius 1 is 1.14 bits per heavy atom. The van der Waals surface area contributed by atoms with Gasteiger partial charge in [-0.2, -0.15) is 0 Å². The van der Waals surface area contributed by atoms with Crippen molar-refractivity contribution in [3.8, 4) is 5.75 Å². The Morgan fingerprint density at radius 2 is 1.86 bits per heavy atom. The van der Waals surface area contributed by atoms with Crippen LogP contribution in [0.25, 0.3) is 0 Å².